The molecule has 2 atom stereocenters. The summed E-state index contributed by atoms with van der Waals surface area (Å²) in [7, 11) is 0. The quantitative estimate of drug-likeness (QED) is 0.861. The number of anilines is 1. The van der Waals surface area contributed by atoms with E-state index in [0.29, 0.717) is 17.8 Å². The van der Waals surface area contributed by atoms with E-state index in [1.165, 1.54) is 57.2 Å². The number of nitrogens with zero attached hydrogens (tertiary/aromatic N) is 4. The second-order valence-corrected chi connectivity index (χ2v) is 9.64. The van der Waals surface area contributed by atoms with Crippen LogP contribution in [0.2, 0.25) is 0 Å². The van der Waals surface area contributed by atoms with E-state index >= 15 is 0 Å². The molecule has 0 radical (unpaired) electrons. The van der Waals surface area contributed by atoms with Crippen molar-refractivity contribution in [1.29, 1.82) is 0 Å². The molecular weight excluding hydrogens is 362 g/mol. The number of hydrogen-bond acceptors (Lipinski definition) is 5. The maximum Gasteiger partial charge on any atom is 0.126 e. The molecule has 2 N–H and O–H groups in total. The molecule has 0 aromatic carbocycles. The van der Waals surface area contributed by atoms with Gasteiger partial charge in [-0.2, -0.15) is 5.10 Å². The summed E-state index contributed by atoms with van der Waals surface area (Å²) in [5.74, 6) is 3.48. The molecule has 5 aliphatic rings. The van der Waals surface area contributed by atoms with Gasteiger partial charge in [0.2, 0.25) is 0 Å². The van der Waals surface area contributed by atoms with E-state index in [2.05, 4.69) is 38.0 Å². The van der Waals surface area contributed by atoms with Crippen molar-refractivity contribution in [2.24, 2.45) is 11.8 Å². The lowest BCUT2D eigenvalue weighted by Crippen LogP contribution is -2.48. The van der Waals surface area contributed by atoms with E-state index in [1.807, 2.05) is 6.20 Å². The Bertz CT molecular complexity index is 873. The number of ether oxygens (including phenoxy) is 1. The normalized spacial score (nSPS) is 28.8. The number of fused-ring (bicyclic) bond motifs is 1. The second kappa shape index (κ2) is 7.10. The minimum atomic E-state index is 0.610. The SMILES string of the molecule is C1C2CN(C3COC3)CC12.Nc1ncc(-c2ccn(C3CCC3)n2)cc1C1CC1. The van der Waals surface area contributed by atoms with Crippen LogP contribution in [-0.2, 0) is 4.74 Å². The zero-order chi connectivity index (χ0) is 19.4. The summed E-state index contributed by atoms with van der Waals surface area (Å²) in [5.41, 5.74) is 9.27. The highest BCUT2D eigenvalue weighted by Gasteiger charge is 2.47. The van der Waals surface area contributed by atoms with Crippen molar-refractivity contribution >= 4 is 5.82 Å². The van der Waals surface area contributed by atoms with Gasteiger partial charge in [-0.15, -0.1) is 0 Å². The van der Waals surface area contributed by atoms with Gasteiger partial charge >= 0.3 is 0 Å². The molecule has 0 bridgehead atoms. The lowest BCUT2D eigenvalue weighted by Gasteiger charge is -2.35. The number of likely N-dealkylation sites (tertiary alicyclic amines) is 1. The summed E-state index contributed by atoms with van der Waals surface area (Å²) in [6, 6.07) is 5.67. The predicted molar refractivity (Wildman–Crippen MR) is 113 cm³/mol. The van der Waals surface area contributed by atoms with Crippen LogP contribution in [0.4, 0.5) is 5.82 Å². The molecular formula is C23H31N5O. The molecule has 3 aliphatic carbocycles. The van der Waals surface area contributed by atoms with E-state index in [9.17, 15) is 0 Å². The van der Waals surface area contributed by atoms with Crippen molar-refractivity contribution in [3.63, 3.8) is 0 Å². The maximum absolute atomic E-state index is 5.96. The lowest BCUT2D eigenvalue weighted by molar-refractivity contribution is -0.0605. The fourth-order valence-electron chi connectivity index (χ4n) is 4.87. The molecule has 6 heteroatoms. The Hall–Kier alpha value is -1.92. The molecule has 154 valence electrons. The number of piperidine rings is 1. The van der Waals surface area contributed by atoms with E-state index in [-0.39, 0.29) is 0 Å². The molecule has 2 saturated heterocycles. The van der Waals surface area contributed by atoms with E-state index in [4.69, 9.17) is 10.5 Å². The molecule has 5 fully saturated rings. The fraction of sp³-hybridized carbons (Fsp3) is 0.652. The van der Waals surface area contributed by atoms with Crippen molar-refractivity contribution in [3.05, 3.63) is 30.1 Å². The van der Waals surface area contributed by atoms with Gasteiger partial charge in [0.05, 0.1) is 31.0 Å². The van der Waals surface area contributed by atoms with Crippen LogP contribution in [0.25, 0.3) is 11.3 Å². The Morgan fingerprint density at radius 2 is 1.83 bits per heavy atom. The van der Waals surface area contributed by atoms with E-state index in [0.717, 1.165) is 42.3 Å². The standard InChI is InChI=1S/C15H18N4.C8H13NO/c16-15-13(10-4-5-10)8-11(9-17-15)14-6-7-19(18-14)12-2-1-3-12;1-6-2-9(3-7(1)6)8-4-10-5-8/h6-10,12H,1-5H2,(H2,16,17);6-8H,1-5H2. The summed E-state index contributed by atoms with van der Waals surface area (Å²) in [6.07, 6.45) is 11.8. The zero-order valence-corrected chi connectivity index (χ0v) is 17.0. The fourth-order valence-corrected chi connectivity index (χ4v) is 4.87. The summed E-state index contributed by atoms with van der Waals surface area (Å²) in [5, 5.41) is 4.69. The Balaban J connectivity index is 0.000000138. The molecule has 2 aromatic heterocycles. The minimum Gasteiger partial charge on any atom is -0.383 e. The largest absolute Gasteiger partial charge is 0.383 e. The van der Waals surface area contributed by atoms with Crippen molar-refractivity contribution in [3.8, 4) is 11.3 Å². The Morgan fingerprint density at radius 1 is 1.03 bits per heavy atom. The Kier molecular flexibility index (Phi) is 4.38. The van der Waals surface area contributed by atoms with Crippen LogP contribution in [0.15, 0.2) is 24.5 Å². The smallest absolute Gasteiger partial charge is 0.126 e. The van der Waals surface area contributed by atoms with Gasteiger partial charge in [0.15, 0.2) is 0 Å². The molecule has 6 nitrogen and oxygen atoms in total. The van der Waals surface area contributed by atoms with Crippen LogP contribution in [0.1, 0.15) is 56.0 Å². The first-order chi connectivity index (χ1) is 14.2. The van der Waals surface area contributed by atoms with Crippen molar-refractivity contribution in [2.45, 2.75) is 56.5 Å². The molecule has 0 amide bonds. The molecule has 2 aromatic rings. The zero-order valence-electron chi connectivity index (χ0n) is 17.0. The highest BCUT2D eigenvalue weighted by atomic mass is 16.5. The van der Waals surface area contributed by atoms with Crippen molar-refractivity contribution in [2.75, 3.05) is 32.0 Å². The third kappa shape index (κ3) is 3.57. The average Bonchev–Trinajstić information content (AvgIpc) is 3.52. The third-order valence-corrected chi connectivity index (χ3v) is 7.46. The first-order valence-corrected chi connectivity index (χ1v) is 11.4. The van der Waals surface area contributed by atoms with Gasteiger partial charge in [0.25, 0.3) is 0 Å². The predicted octanol–water partition coefficient (Wildman–Crippen LogP) is 3.47. The van der Waals surface area contributed by atoms with Gasteiger partial charge in [0.1, 0.15) is 5.82 Å². The van der Waals surface area contributed by atoms with Gasteiger partial charge in [0, 0.05) is 31.0 Å². The molecule has 29 heavy (non-hydrogen) atoms. The second-order valence-electron chi connectivity index (χ2n) is 9.64. The monoisotopic (exact) mass is 393 g/mol. The maximum atomic E-state index is 5.96. The lowest BCUT2D eigenvalue weighted by atomic mass is 9.93. The number of hydrogen-bond donors (Lipinski definition) is 1. The number of nitrogens with two attached hydrogens (primary N) is 1. The van der Waals surface area contributed by atoms with Crippen LogP contribution in [0.5, 0.6) is 0 Å². The molecule has 3 saturated carbocycles. The van der Waals surface area contributed by atoms with Crippen LogP contribution in [0.3, 0.4) is 0 Å². The Morgan fingerprint density at radius 3 is 2.45 bits per heavy atom. The highest BCUT2D eigenvalue weighted by Crippen LogP contribution is 2.46. The highest BCUT2D eigenvalue weighted by molar-refractivity contribution is 5.62. The molecule has 2 unspecified atom stereocenters. The molecule has 2 aliphatic heterocycles. The van der Waals surface area contributed by atoms with Gasteiger partial charge in [-0.3, -0.25) is 9.58 Å². The number of nitrogen functional groups attached to an aromatic ring is 1. The van der Waals surface area contributed by atoms with Crippen molar-refractivity contribution < 1.29 is 4.74 Å². The van der Waals surface area contributed by atoms with Gasteiger partial charge in [-0.25, -0.2) is 4.98 Å². The van der Waals surface area contributed by atoms with Crippen LogP contribution >= 0.6 is 0 Å². The van der Waals surface area contributed by atoms with Crippen LogP contribution in [-0.4, -0.2) is 52.0 Å². The summed E-state index contributed by atoms with van der Waals surface area (Å²) in [6.45, 7) is 4.75. The first-order valence-electron chi connectivity index (χ1n) is 11.4. The average molecular weight is 394 g/mol. The van der Waals surface area contributed by atoms with Gasteiger partial charge < -0.3 is 10.5 Å². The number of rotatable bonds is 4. The minimum absolute atomic E-state index is 0.610. The first kappa shape index (κ1) is 17.9. The van der Waals surface area contributed by atoms with E-state index in [1.54, 1.807) is 0 Å². The van der Waals surface area contributed by atoms with Crippen molar-refractivity contribution in [1.82, 2.24) is 19.7 Å². The van der Waals surface area contributed by atoms with E-state index < -0.39 is 0 Å². The topological polar surface area (TPSA) is 69.2 Å². The third-order valence-electron chi connectivity index (χ3n) is 7.46. The molecule has 4 heterocycles. The molecule has 0 spiro atoms. The van der Waals surface area contributed by atoms with Crippen LogP contribution < -0.4 is 5.73 Å². The number of pyridine rings is 1. The summed E-state index contributed by atoms with van der Waals surface area (Å²) >= 11 is 0. The summed E-state index contributed by atoms with van der Waals surface area (Å²) < 4.78 is 7.26. The van der Waals surface area contributed by atoms with Gasteiger partial charge in [-0.05, 0) is 74.0 Å². The molecule has 7 rings (SSSR count). The number of aromatic nitrogens is 3. The Labute approximate surface area is 172 Å². The summed E-state index contributed by atoms with van der Waals surface area (Å²) in [4.78, 5) is 6.95. The van der Waals surface area contributed by atoms with Crippen LogP contribution in [0, 0.1) is 11.8 Å². The van der Waals surface area contributed by atoms with Gasteiger partial charge in [-0.1, -0.05) is 0 Å².